The highest BCUT2D eigenvalue weighted by Gasteiger charge is 2.38. The van der Waals surface area contributed by atoms with Crippen molar-refractivity contribution in [3.05, 3.63) is 47.0 Å². The Labute approximate surface area is 192 Å². The number of carbonyl (C=O) groups is 2. The van der Waals surface area contributed by atoms with Gasteiger partial charge in [-0.25, -0.2) is 8.42 Å². The fourth-order valence-electron chi connectivity index (χ4n) is 4.45. The van der Waals surface area contributed by atoms with Gasteiger partial charge in [-0.05, 0) is 46.6 Å². The molecule has 1 aliphatic heterocycles. The van der Waals surface area contributed by atoms with Crippen LogP contribution in [0, 0.1) is 26.7 Å². The molecule has 2 aromatic heterocycles. The molecule has 1 fully saturated rings. The van der Waals surface area contributed by atoms with Crippen molar-refractivity contribution < 1.29 is 27.3 Å². The summed E-state index contributed by atoms with van der Waals surface area (Å²) < 4.78 is 38.1. The molecule has 176 valence electrons. The van der Waals surface area contributed by atoms with Gasteiger partial charge >= 0.3 is 5.97 Å². The quantitative estimate of drug-likeness (QED) is 0.430. The predicted molar refractivity (Wildman–Crippen MR) is 120 cm³/mol. The molecule has 1 N–H and O–H groups in total. The summed E-state index contributed by atoms with van der Waals surface area (Å²) in [6, 6.07) is 7.45. The lowest BCUT2D eigenvalue weighted by atomic mass is 9.99. The maximum absolute atomic E-state index is 13.1. The number of aromatic amines is 1. The lowest BCUT2D eigenvalue weighted by Gasteiger charge is -2.31. The average Bonchev–Trinajstić information content (AvgIpc) is 3.30. The zero-order valence-electron chi connectivity index (χ0n) is 19.0. The predicted octanol–water partition coefficient (Wildman–Crippen LogP) is 3.30. The second-order valence-electron chi connectivity index (χ2n) is 8.47. The van der Waals surface area contributed by atoms with Gasteiger partial charge in [-0.2, -0.15) is 4.31 Å². The molecule has 0 spiro atoms. The second kappa shape index (κ2) is 8.75. The number of sulfonamides is 1. The molecule has 33 heavy (non-hydrogen) atoms. The number of Topliss-reactive ketones (excluding diaryl/α,β-unsaturated/α-hetero) is 1. The van der Waals surface area contributed by atoms with E-state index >= 15 is 0 Å². The van der Waals surface area contributed by atoms with E-state index < -0.39 is 28.0 Å². The van der Waals surface area contributed by atoms with Crippen LogP contribution >= 0.6 is 0 Å². The van der Waals surface area contributed by atoms with E-state index in [4.69, 9.17) is 9.26 Å². The highest BCUT2D eigenvalue weighted by atomic mass is 32.2. The van der Waals surface area contributed by atoms with Gasteiger partial charge in [0.05, 0.1) is 5.92 Å². The Balaban J connectivity index is 1.48. The largest absolute Gasteiger partial charge is 0.454 e. The van der Waals surface area contributed by atoms with E-state index in [-0.39, 0.29) is 28.7 Å². The summed E-state index contributed by atoms with van der Waals surface area (Å²) in [6.07, 6.45) is -0.00362. The van der Waals surface area contributed by atoms with Crippen LogP contribution in [-0.2, 0) is 19.6 Å². The SMILES string of the molecule is Cc1noc(C)c1S(=O)(=O)N1CCCC(C(=O)OC(C)C(=O)c2c(C)[nH]c3ccccc23)C1. The van der Waals surface area contributed by atoms with E-state index in [2.05, 4.69) is 10.1 Å². The Morgan fingerprint density at radius 2 is 1.97 bits per heavy atom. The molecule has 2 unspecified atom stereocenters. The molecule has 0 bridgehead atoms. The van der Waals surface area contributed by atoms with Crippen LogP contribution in [0.4, 0.5) is 0 Å². The average molecular weight is 474 g/mol. The Kier molecular flexibility index (Phi) is 6.15. The topological polar surface area (TPSA) is 123 Å². The van der Waals surface area contributed by atoms with Crippen LogP contribution in [0.15, 0.2) is 33.7 Å². The first-order chi connectivity index (χ1) is 15.6. The van der Waals surface area contributed by atoms with Crippen LogP contribution in [-0.4, -0.2) is 53.8 Å². The number of esters is 1. The normalized spacial score (nSPS) is 18.4. The summed E-state index contributed by atoms with van der Waals surface area (Å²) in [4.78, 5) is 29.2. The maximum atomic E-state index is 13.1. The number of ketones is 1. The molecule has 0 radical (unpaired) electrons. The van der Waals surface area contributed by atoms with E-state index in [1.54, 1.807) is 27.7 Å². The summed E-state index contributed by atoms with van der Waals surface area (Å²) in [7, 11) is -3.86. The highest BCUT2D eigenvalue weighted by molar-refractivity contribution is 7.89. The van der Waals surface area contributed by atoms with Crippen molar-refractivity contribution in [1.82, 2.24) is 14.4 Å². The number of carbonyl (C=O) groups excluding carboxylic acids is 2. The van der Waals surface area contributed by atoms with Gasteiger partial charge in [0.1, 0.15) is 10.6 Å². The number of H-pyrrole nitrogens is 1. The van der Waals surface area contributed by atoms with Crippen molar-refractivity contribution in [2.45, 2.75) is 51.5 Å². The molecule has 0 amide bonds. The molecule has 1 saturated heterocycles. The number of para-hydroxylation sites is 1. The summed E-state index contributed by atoms with van der Waals surface area (Å²) in [5, 5.41) is 4.51. The Morgan fingerprint density at radius 3 is 2.67 bits per heavy atom. The van der Waals surface area contributed by atoms with Crippen molar-refractivity contribution >= 4 is 32.7 Å². The van der Waals surface area contributed by atoms with Gasteiger partial charge in [0, 0.05) is 35.2 Å². The molecule has 10 heteroatoms. The molecule has 0 saturated carbocycles. The van der Waals surface area contributed by atoms with Crippen LogP contribution in [0.5, 0.6) is 0 Å². The number of aromatic nitrogens is 2. The summed E-state index contributed by atoms with van der Waals surface area (Å²) >= 11 is 0. The third kappa shape index (κ3) is 4.20. The van der Waals surface area contributed by atoms with Gasteiger partial charge in [0.15, 0.2) is 11.9 Å². The number of nitrogens with zero attached hydrogens (tertiary/aromatic N) is 2. The van der Waals surface area contributed by atoms with Crippen molar-refractivity contribution in [3.8, 4) is 0 Å². The standard InChI is InChI=1S/C23H27N3O6S/c1-13-20(18-9-5-6-10-19(18)24-13)21(27)15(3)31-23(28)17-8-7-11-26(12-17)33(29,30)22-14(2)25-32-16(22)4/h5-6,9-10,15,17,24H,7-8,11-12H2,1-4H3. The highest BCUT2D eigenvalue weighted by Crippen LogP contribution is 2.29. The Hall–Kier alpha value is -2.98. The summed E-state index contributed by atoms with van der Waals surface area (Å²) in [5.74, 6) is -1.32. The second-order valence-corrected chi connectivity index (χ2v) is 10.3. The molecular weight excluding hydrogens is 446 g/mol. The lowest BCUT2D eigenvalue weighted by molar-refractivity contribution is -0.152. The van der Waals surface area contributed by atoms with E-state index in [0.717, 1.165) is 10.9 Å². The Morgan fingerprint density at radius 1 is 1.24 bits per heavy atom. The lowest BCUT2D eigenvalue weighted by Crippen LogP contribution is -2.43. The van der Waals surface area contributed by atoms with Gasteiger partial charge in [-0.15, -0.1) is 0 Å². The molecular formula is C23H27N3O6S. The number of aryl methyl sites for hydroxylation is 3. The maximum Gasteiger partial charge on any atom is 0.310 e. The third-order valence-corrected chi connectivity index (χ3v) is 8.20. The van der Waals surface area contributed by atoms with E-state index in [1.165, 1.54) is 4.31 Å². The molecule has 4 rings (SSSR count). The monoisotopic (exact) mass is 473 g/mol. The fraction of sp³-hybridized carbons (Fsp3) is 0.435. The number of piperidine rings is 1. The van der Waals surface area contributed by atoms with Crippen LogP contribution in [0.3, 0.4) is 0 Å². The first-order valence-electron chi connectivity index (χ1n) is 10.9. The molecule has 9 nitrogen and oxygen atoms in total. The van der Waals surface area contributed by atoms with Crippen molar-refractivity contribution in [3.63, 3.8) is 0 Å². The number of ether oxygens (including phenoxy) is 1. The van der Waals surface area contributed by atoms with Gasteiger partial charge in [-0.3, -0.25) is 9.59 Å². The minimum Gasteiger partial charge on any atom is -0.454 e. The van der Waals surface area contributed by atoms with Gasteiger partial charge in [0.2, 0.25) is 15.8 Å². The smallest absolute Gasteiger partial charge is 0.310 e. The van der Waals surface area contributed by atoms with Crippen molar-refractivity contribution in [2.75, 3.05) is 13.1 Å². The first kappa shape index (κ1) is 23.2. The van der Waals surface area contributed by atoms with E-state index in [0.29, 0.717) is 30.6 Å². The van der Waals surface area contributed by atoms with Gasteiger partial charge in [-0.1, -0.05) is 23.4 Å². The zero-order valence-corrected chi connectivity index (χ0v) is 19.9. The van der Waals surface area contributed by atoms with E-state index in [9.17, 15) is 18.0 Å². The molecule has 2 atom stereocenters. The Bertz CT molecular complexity index is 1300. The minimum atomic E-state index is -3.86. The van der Waals surface area contributed by atoms with Crippen LogP contribution in [0.25, 0.3) is 10.9 Å². The number of nitrogens with one attached hydrogen (secondary N) is 1. The number of hydrogen-bond acceptors (Lipinski definition) is 7. The van der Waals surface area contributed by atoms with Crippen LogP contribution in [0.2, 0.25) is 0 Å². The summed E-state index contributed by atoms with van der Waals surface area (Å²) in [5.41, 5.74) is 2.32. The van der Waals surface area contributed by atoms with Crippen molar-refractivity contribution in [2.24, 2.45) is 5.92 Å². The molecule has 3 heterocycles. The fourth-order valence-corrected chi connectivity index (χ4v) is 6.26. The number of fused-ring (bicyclic) bond motifs is 1. The first-order valence-corrected chi connectivity index (χ1v) is 12.3. The number of benzene rings is 1. The van der Waals surface area contributed by atoms with Crippen molar-refractivity contribution in [1.29, 1.82) is 0 Å². The number of hydrogen-bond donors (Lipinski definition) is 1. The minimum absolute atomic E-state index is 0.0156. The van der Waals surface area contributed by atoms with Crippen LogP contribution < -0.4 is 0 Å². The molecule has 0 aliphatic carbocycles. The summed E-state index contributed by atoms with van der Waals surface area (Å²) in [6.45, 7) is 6.74. The van der Waals surface area contributed by atoms with Gasteiger partial charge < -0.3 is 14.2 Å². The molecule has 1 aromatic carbocycles. The molecule has 1 aliphatic rings. The van der Waals surface area contributed by atoms with Crippen LogP contribution in [0.1, 0.15) is 47.3 Å². The zero-order chi connectivity index (χ0) is 23.9. The van der Waals surface area contributed by atoms with E-state index in [1.807, 2.05) is 24.3 Å². The van der Waals surface area contributed by atoms with Gasteiger partial charge in [0.25, 0.3) is 0 Å². The third-order valence-electron chi connectivity index (χ3n) is 6.09. The molecule has 3 aromatic rings. The number of rotatable bonds is 6.